The number of carbonyl (C=O) groups excluding carboxylic acids is 1. The minimum Gasteiger partial charge on any atom is -0.467 e. The number of rotatable bonds is 3. The topological polar surface area (TPSA) is 66.8 Å². The van der Waals surface area contributed by atoms with Gasteiger partial charge in [0, 0.05) is 9.50 Å². The van der Waals surface area contributed by atoms with Crippen LogP contribution in [0.25, 0.3) is 0 Å². The molecule has 1 aromatic carbocycles. The lowest BCUT2D eigenvalue weighted by Gasteiger charge is -2.17. The normalized spacial score (nSPS) is 14.3. The van der Waals surface area contributed by atoms with Gasteiger partial charge in [-0.05, 0) is 17.7 Å². The van der Waals surface area contributed by atoms with Crippen LogP contribution in [0.15, 0.2) is 22.7 Å². The number of benzene rings is 1. The molecule has 88 valence electrons. The van der Waals surface area contributed by atoms with Crippen molar-refractivity contribution in [3.8, 4) is 0 Å². The van der Waals surface area contributed by atoms with Crippen LogP contribution in [0.4, 0.5) is 0 Å². The molecule has 1 rings (SSSR count). The van der Waals surface area contributed by atoms with E-state index >= 15 is 0 Å². The first-order chi connectivity index (χ1) is 7.47. The highest BCUT2D eigenvalue weighted by Gasteiger charge is 2.27. The predicted molar refractivity (Wildman–Crippen MR) is 62.1 cm³/mol. The third-order valence-electron chi connectivity index (χ3n) is 2.02. The van der Waals surface area contributed by atoms with Crippen molar-refractivity contribution >= 4 is 33.5 Å². The second-order valence-corrected chi connectivity index (χ2v) is 4.37. The number of carbonyl (C=O) groups is 1. The van der Waals surface area contributed by atoms with Crippen LogP contribution < -0.4 is 0 Å². The van der Waals surface area contributed by atoms with E-state index in [0.29, 0.717) is 15.1 Å². The summed E-state index contributed by atoms with van der Waals surface area (Å²) < 4.78 is 4.84. The van der Waals surface area contributed by atoms with Gasteiger partial charge in [-0.3, -0.25) is 0 Å². The van der Waals surface area contributed by atoms with Gasteiger partial charge in [0.05, 0.1) is 7.11 Å². The molecule has 0 spiro atoms. The molecule has 6 heteroatoms. The van der Waals surface area contributed by atoms with E-state index in [0.717, 1.165) is 7.11 Å². The average molecular weight is 310 g/mol. The largest absolute Gasteiger partial charge is 0.467 e. The second-order valence-electron chi connectivity index (χ2n) is 3.08. The summed E-state index contributed by atoms with van der Waals surface area (Å²) in [5.41, 5.74) is 0.363. The van der Waals surface area contributed by atoms with Crippen molar-refractivity contribution in [2.24, 2.45) is 0 Å². The number of hydrogen-bond donors (Lipinski definition) is 2. The lowest BCUT2D eigenvalue weighted by atomic mass is 10.0. The summed E-state index contributed by atoms with van der Waals surface area (Å²) in [7, 11) is 1.13. The second kappa shape index (κ2) is 5.63. The molecule has 0 aliphatic heterocycles. The zero-order valence-electron chi connectivity index (χ0n) is 8.35. The van der Waals surface area contributed by atoms with Crippen LogP contribution in [0.5, 0.6) is 0 Å². The Morgan fingerprint density at radius 1 is 1.50 bits per heavy atom. The summed E-state index contributed by atoms with van der Waals surface area (Å²) in [4.78, 5) is 11.0. The number of aliphatic hydroxyl groups is 2. The Labute approximate surface area is 106 Å². The lowest BCUT2D eigenvalue weighted by Crippen LogP contribution is -2.29. The first-order valence-electron chi connectivity index (χ1n) is 4.36. The Morgan fingerprint density at radius 3 is 2.62 bits per heavy atom. The molecule has 4 nitrogen and oxygen atoms in total. The number of halogens is 2. The van der Waals surface area contributed by atoms with Crippen molar-refractivity contribution in [1.82, 2.24) is 0 Å². The van der Waals surface area contributed by atoms with E-state index in [2.05, 4.69) is 20.7 Å². The number of methoxy groups -OCH3 is 1. The Balaban J connectivity index is 2.96. The summed E-state index contributed by atoms with van der Waals surface area (Å²) in [6.07, 6.45) is -2.98. The molecule has 0 amide bonds. The molecule has 0 aromatic heterocycles. The van der Waals surface area contributed by atoms with Crippen molar-refractivity contribution in [2.45, 2.75) is 12.2 Å². The Morgan fingerprint density at radius 2 is 2.12 bits per heavy atom. The smallest absolute Gasteiger partial charge is 0.337 e. The molecule has 2 unspecified atom stereocenters. The van der Waals surface area contributed by atoms with E-state index < -0.39 is 18.2 Å². The molecule has 16 heavy (non-hydrogen) atoms. The zero-order chi connectivity index (χ0) is 12.3. The maximum absolute atomic E-state index is 11.0. The maximum atomic E-state index is 11.0. The molecule has 0 saturated carbocycles. The molecule has 0 heterocycles. The van der Waals surface area contributed by atoms with Gasteiger partial charge in [0.2, 0.25) is 0 Å². The SMILES string of the molecule is COC(=O)C(O)C(O)c1ccc(Cl)cc1Br. The average Bonchev–Trinajstić information content (AvgIpc) is 2.26. The van der Waals surface area contributed by atoms with E-state index in [4.69, 9.17) is 11.6 Å². The number of esters is 1. The molecule has 0 aliphatic rings. The fraction of sp³-hybridized carbons (Fsp3) is 0.300. The third-order valence-corrected chi connectivity index (χ3v) is 2.94. The maximum Gasteiger partial charge on any atom is 0.337 e. The standard InChI is InChI=1S/C10H10BrClO4/c1-16-10(15)9(14)8(13)6-3-2-5(12)4-7(6)11/h2-4,8-9,13-14H,1H3. The summed E-state index contributed by atoms with van der Waals surface area (Å²) in [5, 5.41) is 19.7. The minimum absolute atomic E-state index is 0.363. The van der Waals surface area contributed by atoms with Crippen LogP contribution in [-0.4, -0.2) is 29.4 Å². The molecule has 0 radical (unpaired) electrons. The summed E-state index contributed by atoms with van der Waals surface area (Å²) >= 11 is 8.90. The molecule has 1 aromatic rings. The zero-order valence-corrected chi connectivity index (χ0v) is 10.7. The quantitative estimate of drug-likeness (QED) is 0.834. The molecular weight excluding hydrogens is 299 g/mol. The monoisotopic (exact) mass is 308 g/mol. The fourth-order valence-electron chi connectivity index (χ4n) is 1.16. The van der Waals surface area contributed by atoms with E-state index in [1.165, 1.54) is 6.07 Å². The number of aliphatic hydroxyl groups excluding tert-OH is 2. The fourth-order valence-corrected chi connectivity index (χ4v) is 2.08. The molecule has 0 saturated heterocycles. The first kappa shape index (κ1) is 13.4. The highest BCUT2D eigenvalue weighted by molar-refractivity contribution is 9.10. The third kappa shape index (κ3) is 2.95. The number of hydrogen-bond acceptors (Lipinski definition) is 4. The molecule has 2 N–H and O–H groups in total. The van der Waals surface area contributed by atoms with E-state index in [1.54, 1.807) is 12.1 Å². The van der Waals surface area contributed by atoms with Gasteiger partial charge in [0.25, 0.3) is 0 Å². The predicted octanol–water partition coefficient (Wildman–Crippen LogP) is 1.67. The van der Waals surface area contributed by atoms with Gasteiger partial charge in [-0.1, -0.05) is 33.6 Å². The van der Waals surface area contributed by atoms with Gasteiger partial charge < -0.3 is 14.9 Å². The van der Waals surface area contributed by atoms with Crippen molar-refractivity contribution in [1.29, 1.82) is 0 Å². The van der Waals surface area contributed by atoms with Gasteiger partial charge in [-0.15, -0.1) is 0 Å². The summed E-state index contributed by atoms with van der Waals surface area (Å²) in [5.74, 6) is -0.894. The van der Waals surface area contributed by atoms with E-state index in [9.17, 15) is 15.0 Å². The summed E-state index contributed by atoms with van der Waals surface area (Å²) in [6.45, 7) is 0. The van der Waals surface area contributed by atoms with Crippen molar-refractivity contribution in [3.05, 3.63) is 33.3 Å². The van der Waals surface area contributed by atoms with E-state index in [-0.39, 0.29) is 0 Å². The van der Waals surface area contributed by atoms with Crippen molar-refractivity contribution < 1.29 is 19.7 Å². The van der Waals surface area contributed by atoms with Gasteiger partial charge >= 0.3 is 5.97 Å². The Hall–Kier alpha value is -0.620. The molecular formula is C10H10BrClO4. The molecule has 0 aliphatic carbocycles. The van der Waals surface area contributed by atoms with Gasteiger partial charge in [-0.2, -0.15) is 0 Å². The van der Waals surface area contributed by atoms with E-state index in [1.807, 2.05) is 0 Å². The number of ether oxygens (including phenoxy) is 1. The van der Waals surface area contributed by atoms with Crippen LogP contribution in [0.3, 0.4) is 0 Å². The first-order valence-corrected chi connectivity index (χ1v) is 5.53. The van der Waals surface area contributed by atoms with Crippen LogP contribution in [0, 0.1) is 0 Å². The van der Waals surface area contributed by atoms with Crippen LogP contribution in [0.2, 0.25) is 5.02 Å². The van der Waals surface area contributed by atoms with Crippen LogP contribution in [0.1, 0.15) is 11.7 Å². The van der Waals surface area contributed by atoms with Crippen molar-refractivity contribution in [2.75, 3.05) is 7.11 Å². The van der Waals surface area contributed by atoms with Crippen LogP contribution >= 0.6 is 27.5 Å². The molecule has 0 bridgehead atoms. The minimum atomic E-state index is -1.62. The van der Waals surface area contributed by atoms with Gasteiger partial charge in [-0.25, -0.2) is 4.79 Å². The Kier molecular flexibility index (Phi) is 4.73. The van der Waals surface area contributed by atoms with Gasteiger partial charge in [0.15, 0.2) is 6.10 Å². The summed E-state index contributed by atoms with van der Waals surface area (Å²) in [6, 6.07) is 4.63. The highest BCUT2D eigenvalue weighted by atomic mass is 79.9. The van der Waals surface area contributed by atoms with Gasteiger partial charge in [0.1, 0.15) is 6.10 Å². The lowest BCUT2D eigenvalue weighted by molar-refractivity contribution is -0.156. The van der Waals surface area contributed by atoms with Crippen molar-refractivity contribution in [3.63, 3.8) is 0 Å². The van der Waals surface area contributed by atoms with Crippen LogP contribution in [-0.2, 0) is 9.53 Å². The molecule has 0 fully saturated rings. The molecule has 2 atom stereocenters. The Bertz CT molecular complexity index is 396. The highest BCUT2D eigenvalue weighted by Crippen LogP contribution is 2.28.